The molecule has 1 atom stereocenters. The number of thioether (sulfide) groups is 1. The predicted octanol–water partition coefficient (Wildman–Crippen LogP) is 2.56. The first-order chi connectivity index (χ1) is 11.0. The Bertz CT molecular complexity index is 732. The van der Waals surface area contributed by atoms with Crippen molar-refractivity contribution in [3.05, 3.63) is 39.3 Å². The summed E-state index contributed by atoms with van der Waals surface area (Å²) in [7, 11) is 0. The van der Waals surface area contributed by atoms with Crippen molar-refractivity contribution in [1.82, 2.24) is 25.1 Å². The van der Waals surface area contributed by atoms with E-state index in [1.807, 2.05) is 20.0 Å². The van der Waals surface area contributed by atoms with Gasteiger partial charge in [-0.1, -0.05) is 0 Å². The largest absolute Gasteiger partial charge is 0.308 e. The van der Waals surface area contributed by atoms with E-state index in [0.29, 0.717) is 4.90 Å². The number of likely N-dealkylation sites (tertiary alicyclic amines) is 1. The van der Waals surface area contributed by atoms with Gasteiger partial charge in [-0.2, -0.15) is 5.10 Å². The highest BCUT2D eigenvalue weighted by Crippen LogP contribution is 2.34. The predicted molar refractivity (Wildman–Crippen MR) is 91.7 cm³/mol. The molecule has 1 unspecified atom stereocenters. The van der Waals surface area contributed by atoms with Gasteiger partial charge in [-0.25, -0.2) is 4.98 Å². The van der Waals surface area contributed by atoms with Crippen molar-refractivity contribution in [1.29, 1.82) is 0 Å². The fourth-order valence-electron chi connectivity index (χ4n) is 3.01. The molecule has 1 aliphatic heterocycles. The third-order valence-electron chi connectivity index (χ3n) is 4.27. The number of H-pyrrole nitrogens is 2. The van der Waals surface area contributed by atoms with Gasteiger partial charge in [0.1, 0.15) is 5.82 Å². The summed E-state index contributed by atoms with van der Waals surface area (Å²) in [6.07, 6.45) is 4.29. The fraction of sp³-hybridized carbons (Fsp3) is 0.562. The summed E-state index contributed by atoms with van der Waals surface area (Å²) in [5, 5.41) is 7.15. The molecule has 0 spiro atoms. The number of nitrogens with one attached hydrogen (secondary N) is 2. The lowest BCUT2D eigenvalue weighted by atomic mass is 10.2. The summed E-state index contributed by atoms with van der Waals surface area (Å²) >= 11 is 1.54. The van der Waals surface area contributed by atoms with Gasteiger partial charge in [0.15, 0.2) is 0 Å². The normalized spacial score (nSPS) is 16.8. The highest BCUT2D eigenvalue weighted by molar-refractivity contribution is 7.99. The lowest BCUT2D eigenvalue weighted by molar-refractivity contribution is 0.321. The first kappa shape index (κ1) is 16.3. The number of aromatic amines is 2. The highest BCUT2D eigenvalue weighted by Gasteiger charge is 2.18. The molecule has 0 radical (unpaired) electrons. The molecule has 124 valence electrons. The molecule has 2 aromatic rings. The number of nitrogens with zero attached hydrogens (tertiary/aromatic N) is 3. The Labute approximate surface area is 140 Å². The summed E-state index contributed by atoms with van der Waals surface area (Å²) < 4.78 is 0. The Kier molecular flexibility index (Phi) is 4.87. The van der Waals surface area contributed by atoms with Crippen LogP contribution in [0.4, 0.5) is 0 Å². The minimum absolute atomic E-state index is 0.0373. The second-order valence-corrected chi connectivity index (χ2v) is 7.47. The van der Waals surface area contributed by atoms with Gasteiger partial charge in [-0.3, -0.25) is 14.8 Å². The van der Waals surface area contributed by atoms with Crippen LogP contribution in [0.15, 0.2) is 15.9 Å². The smallest absolute Gasteiger partial charge is 0.264 e. The molecule has 1 fully saturated rings. The molecule has 23 heavy (non-hydrogen) atoms. The lowest BCUT2D eigenvalue weighted by Gasteiger charge is -2.15. The van der Waals surface area contributed by atoms with Crippen molar-refractivity contribution in [3.8, 4) is 0 Å². The third-order valence-corrected chi connectivity index (χ3v) is 5.59. The van der Waals surface area contributed by atoms with E-state index in [4.69, 9.17) is 0 Å². The van der Waals surface area contributed by atoms with E-state index in [9.17, 15) is 4.79 Å². The summed E-state index contributed by atoms with van der Waals surface area (Å²) in [5.74, 6) is 0.769. The van der Waals surface area contributed by atoms with E-state index in [2.05, 4.69) is 32.0 Å². The molecule has 0 bridgehead atoms. The van der Waals surface area contributed by atoms with Crippen LogP contribution >= 0.6 is 11.8 Å². The van der Waals surface area contributed by atoms with Gasteiger partial charge >= 0.3 is 0 Å². The molecule has 0 aromatic carbocycles. The van der Waals surface area contributed by atoms with Crippen molar-refractivity contribution in [2.75, 3.05) is 13.1 Å². The summed E-state index contributed by atoms with van der Waals surface area (Å²) in [6.45, 7) is 8.91. The summed E-state index contributed by atoms with van der Waals surface area (Å²) in [4.78, 5) is 23.1. The van der Waals surface area contributed by atoms with Crippen LogP contribution in [0.1, 0.15) is 47.8 Å². The van der Waals surface area contributed by atoms with E-state index in [0.717, 1.165) is 42.4 Å². The van der Waals surface area contributed by atoms with Crippen LogP contribution in [-0.4, -0.2) is 38.2 Å². The van der Waals surface area contributed by atoms with Crippen LogP contribution in [-0.2, 0) is 6.54 Å². The van der Waals surface area contributed by atoms with Crippen molar-refractivity contribution in [2.45, 2.75) is 50.3 Å². The van der Waals surface area contributed by atoms with E-state index < -0.39 is 0 Å². The zero-order valence-corrected chi connectivity index (χ0v) is 14.7. The molecule has 3 heterocycles. The molecule has 1 saturated heterocycles. The van der Waals surface area contributed by atoms with Crippen LogP contribution in [0.2, 0.25) is 0 Å². The summed E-state index contributed by atoms with van der Waals surface area (Å²) in [5.41, 5.74) is 2.93. The molecule has 7 heteroatoms. The average molecular weight is 333 g/mol. The second-order valence-electron chi connectivity index (χ2n) is 6.12. The van der Waals surface area contributed by atoms with Crippen LogP contribution in [0, 0.1) is 13.8 Å². The molecule has 0 saturated carbocycles. The minimum atomic E-state index is -0.0373. The first-order valence-electron chi connectivity index (χ1n) is 8.03. The fourth-order valence-corrected chi connectivity index (χ4v) is 4.10. The van der Waals surface area contributed by atoms with Gasteiger partial charge in [-0.05, 0) is 46.7 Å². The molecule has 2 aromatic heterocycles. The average Bonchev–Trinajstić information content (AvgIpc) is 3.14. The lowest BCUT2D eigenvalue weighted by Crippen LogP contribution is -2.24. The number of rotatable bonds is 5. The Morgan fingerprint density at radius 2 is 2.09 bits per heavy atom. The number of aryl methyl sites for hydroxylation is 2. The van der Waals surface area contributed by atoms with Crippen molar-refractivity contribution in [3.63, 3.8) is 0 Å². The van der Waals surface area contributed by atoms with Crippen LogP contribution < -0.4 is 5.56 Å². The number of hydrogen-bond donors (Lipinski definition) is 2. The Morgan fingerprint density at radius 1 is 1.35 bits per heavy atom. The van der Waals surface area contributed by atoms with E-state index in [-0.39, 0.29) is 10.8 Å². The minimum Gasteiger partial charge on any atom is -0.308 e. The van der Waals surface area contributed by atoms with Gasteiger partial charge in [0, 0.05) is 16.5 Å². The van der Waals surface area contributed by atoms with E-state index in [1.54, 1.807) is 11.8 Å². The standard InChI is InChI=1S/C16H23N5OS/c1-10-13(8-17-20-10)12(3)23-15-11(2)18-14(19-16(15)22)9-21-6-4-5-7-21/h8,12H,4-7,9H2,1-3H3,(H,17,20)(H,18,19,22). The highest BCUT2D eigenvalue weighted by atomic mass is 32.2. The number of hydrogen-bond acceptors (Lipinski definition) is 5. The Balaban J connectivity index is 1.77. The van der Waals surface area contributed by atoms with Gasteiger partial charge < -0.3 is 4.98 Å². The maximum absolute atomic E-state index is 12.5. The molecular weight excluding hydrogens is 310 g/mol. The monoisotopic (exact) mass is 333 g/mol. The van der Waals surface area contributed by atoms with Crippen molar-refractivity contribution >= 4 is 11.8 Å². The zero-order chi connectivity index (χ0) is 16.4. The van der Waals surface area contributed by atoms with E-state index >= 15 is 0 Å². The van der Waals surface area contributed by atoms with Gasteiger partial charge in [-0.15, -0.1) is 11.8 Å². The topological polar surface area (TPSA) is 77.7 Å². The van der Waals surface area contributed by atoms with Gasteiger partial charge in [0.2, 0.25) is 0 Å². The quantitative estimate of drug-likeness (QED) is 0.822. The Hall–Kier alpha value is -1.60. The molecule has 0 aliphatic carbocycles. The summed E-state index contributed by atoms with van der Waals surface area (Å²) in [6, 6.07) is 0. The van der Waals surface area contributed by atoms with Crippen LogP contribution in [0.5, 0.6) is 0 Å². The molecule has 1 aliphatic rings. The second kappa shape index (κ2) is 6.88. The van der Waals surface area contributed by atoms with E-state index in [1.165, 1.54) is 12.8 Å². The molecule has 0 amide bonds. The maximum atomic E-state index is 12.5. The SMILES string of the molecule is Cc1nc(CN2CCCC2)[nH]c(=O)c1SC(C)c1cn[nH]c1C. The first-order valence-corrected chi connectivity index (χ1v) is 8.91. The van der Waals surface area contributed by atoms with Crippen LogP contribution in [0.3, 0.4) is 0 Å². The van der Waals surface area contributed by atoms with Gasteiger partial charge in [0.25, 0.3) is 5.56 Å². The van der Waals surface area contributed by atoms with Crippen molar-refractivity contribution in [2.24, 2.45) is 0 Å². The third kappa shape index (κ3) is 3.67. The molecule has 6 nitrogen and oxygen atoms in total. The Morgan fingerprint density at radius 3 is 2.70 bits per heavy atom. The molecular formula is C16H23N5OS. The molecule has 3 rings (SSSR count). The maximum Gasteiger partial charge on any atom is 0.264 e. The van der Waals surface area contributed by atoms with Crippen LogP contribution in [0.25, 0.3) is 0 Å². The van der Waals surface area contributed by atoms with Gasteiger partial charge in [0.05, 0.1) is 23.3 Å². The zero-order valence-electron chi connectivity index (χ0n) is 13.8. The van der Waals surface area contributed by atoms with Crippen molar-refractivity contribution < 1.29 is 0 Å². The molecule has 2 N–H and O–H groups in total. The number of aromatic nitrogens is 4.